The second-order valence-corrected chi connectivity index (χ2v) is 8.88. The van der Waals surface area contributed by atoms with Crippen LogP contribution < -0.4 is 16.2 Å². The summed E-state index contributed by atoms with van der Waals surface area (Å²) in [6, 6.07) is 16.5. The van der Waals surface area contributed by atoms with Crippen molar-refractivity contribution < 1.29 is 27.8 Å². The van der Waals surface area contributed by atoms with Crippen LogP contribution in [0.4, 0.5) is 19.1 Å². The predicted octanol–water partition coefficient (Wildman–Crippen LogP) is 5.09. The molecule has 4 rings (SSSR count). The molecule has 0 saturated carbocycles. The van der Waals surface area contributed by atoms with Crippen molar-refractivity contribution in [3.8, 4) is 27.6 Å². The Balaban J connectivity index is 1.58. The molecule has 2 atom stereocenters. The van der Waals surface area contributed by atoms with E-state index in [1.54, 1.807) is 36.4 Å². The zero-order valence-electron chi connectivity index (χ0n) is 18.6. The summed E-state index contributed by atoms with van der Waals surface area (Å²) >= 11 is 1.49. The van der Waals surface area contributed by atoms with Crippen LogP contribution in [0.1, 0.15) is 17.2 Å². The van der Waals surface area contributed by atoms with Crippen LogP contribution >= 0.6 is 11.3 Å². The highest BCUT2D eigenvalue weighted by Gasteiger charge is 2.43. The largest absolute Gasteiger partial charge is 0.480 e. The molecule has 0 aliphatic carbocycles. The van der Waals surface area contributed by atoms with Gasteiger partial charge in [0, 0.05) is 22.1 Å². The van der Waals surface area contributed by atoms with Gasteiger partial charge in [0.2, 0.25) is 17.9 Å². The number of nitrogens with two attached hydrogens (primary N) is 2. The maximum absolute atomic E-state index is 13.9. The fraction of sp³-hybridized carbons (Fsp3) is 0.160. The number of nitrogen functional groups attached to an aromatic ring is 1. The van der Waals surface area contributed by atoms with Crippen molar-refractivity contribution in [3.05, 3.63) is 83.2 Å². The molecule has 2 aromatic heterocycles. The summed E-state index contributed by atoms with van der Waals surface area (Å²) in [5.41, 5.74) is 13.5. The van der Waals surface area contributed by atoms with Gasteiger partial charge >= 0.3 is 12.1 Å². The Kier molecular flexibility index (Phi) is 7.22. The number of carboxylic acid groups (broad SMARTS) is 1. The Labute approximate surface area is 208 Å². The maximum Gasteiger partial charge on any atom is 0.429 e. The number of rotatable bonds is 8. The minimum Gasteiger partial charge on any atom is -0.480 e. The lowest BCUT2D eigenvalue weighted by Gasteiger charge is -2.22. The Morgan fingerprint density at radius 3 is 2.28 bits per heavy atom. The van der Waals surface area contributed by atoms with Crippen LogP contribution in [0.3, 0.4) is 0 Å². The van der Waals surface area contributed by atoms with Gasteiger partial charge in [0.25, 0.3) is 0 Å². The summed E-state index contributed by atoms with van der Waals surface area (Å²) in [6.07, 6.45) is -6.86. The fourth-order valence-corrected chi connectivity index (χ4v) is 4.25. The first-order chi connectivity index (χ1) is 17.1. The van der Waals surface area contributed by atoms with E-state index in [1.165, 1.54) is 29.5 Å². The number of thiophene rings is 1. The van der Waals surface area contributed by atoms with Gasteiger partial charge in [0.15, 0.2) is 0 Å². The Bertz CT molecular complexity index is 1330. The van der Waals surface area contributed by atoms with Crippen LogP contribution in [-0.4, -0.2) is 33.3 Å². The molecule has 1 unspecified atom stereocenters. The SMILES string of the molecule is Nc1nc(O[C@@H](c2ccc(-c3cccs3)cc2)C(F)(F)F)cc(-c2ccc(CC(N)C(=O)O)cc2)n1. The lowest BCUT2D eigenvalue weighted by atomic mass is 10.0. The lowest BCUT2D eigenvalue weighted by Crippen LogP contribution is -2.32. The Hall–Kier alpha value is -3.96. The van der Waals surface area contributed by atoms with E-state index in [0.717, 1.165) is 10.4 Å². The molecule has 0 aliphatic rings. The lowest BCUT2D eigenvalue weighted by molar-refractivity contribution is -0.198. The van der Waals surface area contributed by atoms with Gasteiger partial charge < -0.3 is 21.3 Å². The zero-order chi connectivity index (χ0) is 25.9. The number of alkyl halides is 3. The van der Waals surface area contributed by atoms with E-state index >= 15 is 0 Å². The Morgan fingerprint density at radius 2 is 1.69 bits per heavy atom. The molecule has 0 fully saturated rings. The summed E-state index contributed by atoms with van der Waals surface area (Å²) < 4.78 is 47.1. The number of nitrogens with zero attached hydrogens (tertiary/aromatic N) is 2. The third kappa shape index (κ3) is 5.99. The molecule has 0 spiro atoms. The van der Waals surface area contributed by atoms with Crippen molar-refractivity contribution in [2.24, 2.45) is 5.73 Å². The second-order valence-electron chi connectivity index (χ2n) is 7.93. The van der Waals surface area contributed by atoms with Crippen LogP contribution in [0.15, 0.2) is 72.1 Å². The minimum absolute atomic E-state index is 0.0827. The van der Waals surface area contributed by atoms with Crippen molar-refractivity contribution in [3.63, 3.8) is 0 Å². The maximum atomic E-state index is 13.9. The summed E-state index contributed by atoms with van der Waals surface area (Å²) in [6.45, 7) is 0. The van der Waals surface area contributed by atoms with Crippen LogP contribution in [0.2, 0.25) is 0 Å². The summed E-state index contributed by atoms with van der Waals surface area (Å²) in [4.78, 5) is 19.8. The molecule has 7 nitrogen and oxygen atoms in total. The van der Waals surface area contributed by atoms with Crippen LogP contribution in [0, 0.1) is 0 Å². The van der Waals surface area contributed by atoms with Gasteiger partial charge in [0.1, 0.15) is 6.04 Å². The molecule has 11 heteroatoms. The molecule has 2 heterocycles. The van der Waals surface area contributed by atoms with Crippen molar-refractivity contribution in [2.75, 3.05) is 5.73 Å². The standard InChI is InChI=1S/C25H21F3N4O3S/c26-25(27,28)22(17-9-7-16(8-10-17)20-2-1-11-36-20)35-21-13-19(31-24(30)32-21)15-5-3-14(4-6-15)12-18(29)23(33)34/h1-11,13,18,22H,12,29H2,(H,33,34)(H2,30,31,32)/t18?,22-/m0/s1. The first-order valence-corrected chi connectivity index (χ1v) is 11.6. The van der Waals surface area contributed by atoms with E-state index in [2.05, 4.69) is 9.97 Å². The van der Waals surface area contributed by atoms with Crippen LogP contribution in [0.25, 0.3) is 21.7 Å². The smallest absolute Gasteiger partial charge is 0.429 e. The van der Waals surface area contributed by atoms with Gasteiger partial charge in [-0.1, -0.05) is 54.6 Å². The normalized spacial score (nSPS) is 13.2. The highest BCUT2D eigenvalue weighted by molar-refractivity contribution is 7.13. The predicted molar refractivity (Wildman–Crippen MR) is 130 cm³/mol. The zero-order valence-corrected chi connectivity index (χ0v) is 19.5. The third-order valence-corrected chi connectivity index (χ3v) is 6.22. The number of anilines is 1. The van der Waals surface area contributed by atoms with Gasteiger partial charge in [-0.3, -0.25) is 4.79 Å². The van der Waals surface area contributed by atoms with Crippen LogP contribution in [0.5, 0.6) is 5.88 Å². The molecule has 0 bridgehead atoms. The Morgan fingerprint density at radius 1 is 1.03 bits per heavy atom. The monoisotopic (exact) mass is 514 g/mol. The van der Waals surface area contributed by atoms with E-state index in [9.17, 15) is 18.0 Å². The molecular weight excluding hydrogens is 493 g/mol. The van der Waals surface area contributed by atoms with E-state index < -0.39 is 24.3 Å². The van der Waals surface area contributed by atoms with E-state index in [-0.39, 0.29) is 29.5 Å². The first kappa shape index (κ1) is 25.1. The second kappa shape index (κ2) is 10.3. The molecule has 0 radical (unpaired) electrons. The average molecular weight is 515 g/mol. The summed E-state index contributed by atoms with van der Waals surface area (Å²) in [5, 5.41) is 10.8. The summed E-state index contributed by atoms with van der Waals surface area (Å²) in [7, 11) is 0. The van der Waals surface area contributed by atoms with E-state index in [0.29, 0.717) is 11.1 Å². The van der Waals surface area contributed by atoms with E-state index in [1.807, 2.05) is 17.5 Å². The number of benzene rings is 2. The number of hydrogen-bond donors (Lipinski definition) is 3. The molecular formula is C25H21F3N4O3S. The van der Waals surface area contributed by atoms with Crippen molar-refractivity contribution in [2.45, 2.75) is 24.7 Å². The topological polar surface area (TPSA) is 124 Å². The quantitative estimate of drug-likeness (QED) is 0.299. The minimum atomic E-state index is -4.71. The number of carboxylic acids is 1. The molecule has 0 amide bonds. The number of aromatic nitrogens is 2. The molecule has 36 heavy (non-hydrogen) atoms. The molecule has 0 saturated heterocycles. The number of halogens is 3. The van der Waals surface area contributed by atoms with Gasteiger partial charge in [0.05, 0.1) is 5.69 Å². The molecule has 2 aromatic carbocycles. The molecule has 0 aliphatic heterocycles. The summed E-state index contributed by atoms with van der Waals surface area (Å²) in [5.74, 6) is -1.71. The number of carbonyl (C=O) groups is 1. The third-order valence-electron chi connectivity index (χ3n) is 5.30. The van der Waals surface area contributed by atoms with Crippen molar-refractivity contribution in [1.29, 1.82) is 0 Å². The van der Waals surface area contributed by atoms with E-state index in [4.69, 9.17) is 21.3 Å². The highest BCUT2D eigenvalue weighted by atomic mass is 32.1. The molecule has 4 aromatic rings. The van der Waals surface area contributed by atoms with Gasteiger partial charge in [-0.2, -0.15) is 18.2 Å². The average Bonchev–Trinajstić information content (AvgIpc) is 3.37. The molecule has 186 valence electrons. The van der Waals surface area contributed by atoms with Gasteiger partial charge in [-0.05, 0) is 29.0 Å². The van der Waals surface area contributed by atoms with Crippen LogP contribution in [-0.2, 0) is 11.2 Å². The molecule has 5 N–H and O–H groups in total. The number of aliphatic carboxylic acids is 1. The van der Waals surface area contributed by atoms with Crippen molar-refractivity contribution >= 4 is 23.3 Å². The van der Waals surface area contributed by atoms with Crippen molar-refractivity contribution in [1.82, 2.24) is 9.97 Å². The highest BCUT2D eigenvalue weighted by Crippen LogP contribution is 2.38. The van der Waals surface area contributed by atoms with Gasteiger partial charge in [-0.25, -0.2) is 4.98 Å². The first-order valence-electron chi connectivity index (χ1n) is 10.7. The number of hydrogen-bond acceptors (Lipinski definition) is 7. The number of ether oxygens (including phenoxy) is 1. The fourth-order valence-electron chi connectivity index (χ4n) is 3.51. The van der Waals surface area contributed by atoms with Gasteiger partial charge in [-0.15, -0.1) is 11.3 Å².